The van der Waals surface area contributed by atoms with E-state index in [4.69, 9.17) is 28.3 Å². The van der Waals surface area contributed by atoms with Crippen LogP contribution in [0.3, 0.4) is 0 Å². The van der Waals surface area contributed by atoms with E-state index in [2.05, 4.69) is 11.6 Å². The maximum atomic E-state index is 12.8. The zero-order valence-corrected chi connectivity index (χ0v) is 17.0. The minimum absolute atomic E-state index is 0.0677. The summed E-state index contributed by atoms with van der Waals surface area (Å²) in [5, 5.41) is 10.2. The Bertz CT molecular complexity index is 940. The highest BCUT2D eigenvalue weighted by atomic mass is 35.5. The third-order valence-corrected chi connectivity index (χ3v) is 5.63. The predicted octanol–water partition coefficient (Wildman–Crippen LogP) is 5.05. The lowest BCUT2D eigenvalue weighted by Crippen LogP contribution is -2.32. The minimum Gasteiger partial charge on any atom is -0.478 e. The summed E-state index contributed by atoms with van der Waals surface area (Å²) in [5.74, 6) is -1.07. The molecule has 1 saturated heterocycles. The van der Waals surface area contributed by atoms with Crippen molar-refractivity contribution in [2.75, 3.05) is 6.54 Å². The number of carboxylic acids is 1. The third kappa shape index (κ3) is 4.76. The van der Waals surface area contributed by atoms with Crippen LogP contribution in [-0.2, 0) is 11.2 Å². The average Bonchev–Trinajstić information content (AvgIpc) is 2.90. The van der Waals surface area contributed by atoms with E-state index in [-0.39, 0.29) is 16.7 Å². The van der Waals surface area contributed by atoms with Crippen molar-refractivity contribution in [3.05, 3.63) is 76.3 Å². The molecule has 0 bridgehead atoms. The normalized spacial score (nSPS) is 17.9. The first kappa shape index (κ1) is 20.5. The van der Waals surface area contributed by atoms with Gasteiger partial charge in [0.1, 0.15) is 0 Å². The van der Waals surface area contributed by atoms with Gasteiger partial charge in [-0.1, -0.05) is 41.0 Å². The molecular formula is C20H16Cl2N2O3S. The van der Waals surface area contributed by atoms with E-state index in [0.717, 1.165) is 5.56 Å². The van der Waals surface area contributed by atoms with Crippen LogP contribution < -0.4 is 0 Å². The Hall–Kier alpha value is -2.28. The van der Waals surface area contributed by atoms with Crippen LogP contribution in [0.1, 0.15) is 15.9 Å². The molecule has 0 aliphatic carbocycles. The Morgan fingerprint density at radius 1 is 1.21 bits per heavy atom. The van der Waals surface area contributed by atoms with Crippen molar-refractivity contribution >= 4 is 57.7 Å². The molecule has 3 rings (SSSR count). The van der Waals surface area contributed by atoms with Crippen LogP contribution in [0.25, 0.3) is 0 Å². The maximum absolute atomic E-state index is 12.8. The number of hydrogen-bond acceptors (Lipinski definition) is 4. The van der Waals surface area contributed by atoms with Crippen LogP contribution in [-0.4, -0.2) is 38.8 Å². The van der Waals surface area contributed by atoms with Crippen LogP contribution in [0.15, 0.2) is 60.1 Å². The largest absolute Gasteiger partial charge is 0.478 e. The summed E-state index contributed by atoms with van der Waals surface area (Å²) < 4.78 is 0. The molecule has 0 spiro atoms. The zero-order valence-electron chi connectivity index (χ0n) is 14.6. The summed E-state index contributed by atoms with van der Waals surface area (Å²) in [4.78, 5) is 29.9. The molecule has 1 unspecified atom stereocenters. The van der Waals surface area contributed by atoms with Gasteiger partial charge in [-0.2, -0.15) is 0 Å². The van der Waals surface area contributed by atoms with E-state index in [1.807, 2.05) is 0 Å². The summed E-state index contributed by atoms with van der Waals surface area (Å²) in [7, 11) is 0. The van der Waals surface area contributed by atoms with Gasteiger partial charge >= 0.3 is 5.97 Å². The number of amidine groups is 1. The number of rotatable bonds is 6. The lowest BCUT2D eigenvalue weighted by atomic mass is 10.1. The molecule has 28 heavy (non-hydrogen) atoms. The van der Waals surface area contributed by atoms with Crippen molar-refractivity contribution in [3.63, 3.8) is 0 Å². The first-order valence-electron chi connectivity index (χ1n) is 8.33. The molecule has 1 N–H and O–H groups in total. The highest BCUT2D eigenvalue weighted by molar-refractivity contribution is 8.15. The summed E-state index contributed by atoms with van der Waals surface area (Å²) in [6, 6.07) is 11.4. The highest BCUT2D eigenvalue weighted by Gasteiger charge is 2.37. The fourth-order valence-corrected chi connectivity index (χ4v) is 4.53. The van der Waals surface area contributed by atoms with Crippen LogP contribution in [0.2, 0.25) is 10.0 Å². The van der Waals surface area contributed by atoms with Crippen LogP contribution in [0.4, 0.5) is 5.69 Å². The van der Waals surface area contributed by atoms with E-state index in [1.54, 1.807) is 41.3 Å². The quantitative estimate of drug-likeness (QED) is 0.645. The number of carbonyl (C=O) groups excluding carboxylic acids is 1. The van der Waals surface area contributed by atoms with E-state index >= 15 is 0 Å². The number of nitrogens with zero attached hydrogens (tertiary/aromatic N) is 2. The molecule has 1 aliphatic heterocycles. The molecule has 1 amide bonds. The van der Waals surface area contributed by atoms with Gasteiger partial charge in [-0.25, -0.2) is 9.79 Å². The molecule has 1 atom stereocenters. The number of amides is 1. The summed E-state index contributed by atoms with van der Waals surface area (Å²) >= 11 is 13.5. The van der Waals surface area contributed by atoms with Gasteiger partial charge in [0.05, 0.1) is 16.5 Å². The molecule has 2 aromatic carbocycles. The van der Waals surface area contributed by atoms with E-state index in [0.29, 0.717) is 33.9 Å². The number of carbonyl (C=O) groups is 2. The second kappa shape index (κ2) is 8.82. The number of benzene rings is 2. The second-order valence-electron chi connectivity index (χ2n) is 6.07. The minimum atomic E-state index is -1.00. The number of aromatic carboxylic acids is 1. The van der Waals surface area contributed by atoms with Crippen LogP contribution in [0.5, 0.6) is 0 Å². The van der Waals surface area contributed by atoms with Crippen molar-refractivity contribution < 1.29 is 14.7 Å². The maximum Gasteiger partial charge on any atom is 0.335 e. The number of halogens is 2. The molecular weight excluding hydrogens is 419 g/mol. The predicted molar refractivity (Wildman–Crippen MR) is 114 cm³/mol. The fraction of sp³-hybridized carbons (Fsp3) is 0.150. The first-order valence-corrected chi connectivity index (χ1v) is 9.97. The van der Waals surface area contributed by atoms with Crippen LogP contribution >= 0.6 is 35.0 Å². The molecule has 144 valence electrons. The van der Waals surface area contributed by atoms with Gasteiger partial charge in [-0.15, -0.1) is 6.58 Å². The van der Waals surface area contributed by atoms with Gasteiger partial charge in [-0.3, -0.25) is 9.69 Å². The Kier molecular flexibility index (Phi) is 6.44. The SMILES string of the molecule is C=CCN1C(=O)C(Cc2cc(Cl)cc(Cl)c2)SC1=Nc1ccc(C(=O)O)cc1. The van der Waals surface area contributed by atoms with Crippen LogP contribution in [0, 0.1) is 0 Å². The molecule has 0 aromatic heterocycles. The lowest BCUT2D eigenvalue weighted by molar-refractivity contribution is -0.125. The van der Waals surface area contributed by atoms with Crippen molar-refractivity contribution in [2.24, 2.45) is 4.99 Å². The van der Waals surface area contributed by atoms with E-state index in [9.17, 15) is 9.59 Å². The van der Waals surface area contributed by atoms with Crippen molar-refractivity contribution in [3.8, 4) is 0 Å². The third-order valence-electron chi connectivity index (χ3n) is 4.01. The standard InChI is InChI=1S/C20H16Cl2N2O3S/c1-2-7-24-18(25)17(10-12-8-14(21)11-15(22)9-12)28-20(24)23-16-5-3-13(4-6-16)19(26)27/h2-6,8-9,11,17H,1,7,10H2,(H,26,27). The monoisotopic (exact) mass is 434 g/mol. The molecule has 0 saturated carbocycles. The Morgan fingerprint density at radius 3 is 2.43 bits per heavy atom. The lowest BCUT2D eigenvalue weighted by Gasteiger charge is -2.14. The molecule has 2 aromatic rings. The van der Waals surface area contributed by atoms with E-state index in [1.165, 1.54) is 23.9 Å². The molecule has 1 aliphatic rings. The zero-order chi connectivity index (χ0) is 20.3. The Balaban J connectivity index is 1.85. The molecule has 1 heterocycles. The van der Waals surface area contributed by atoms with E-state index < -0.39 is 5.97 Å². The number of carboxylic acid groups (broad SMARTS) is 1. The molecule has 5 nitrogen and oxygen atoms in total. The Morgan fingerprint density at radius 2 is 1.86 bits per heavy atom. The summed E-state index contributed by atoms with van der Waals surface area (Å²) in [6.07, 6.45) is 2.11. The van der Waals surface area contributed by atoms with Gasteiger partial charge in [0, 0.05) is 16.6 Å². The molecule has 1 fully saturated rings. The molecule has 8 heteroatoms. The highest BCUT2D eigenvalue weighted by Crippen LogP contribution is 2.33. The summed E-state index contributed by atoms with van der Waals surface area (Å²) in [6.45, 7) is 4.04. The van der Waals surface area contributed by atoms with Crippen molar-refractivity contribution in [1.29, 1.82) is 0 Å². The topological polar surface area (TPSA) is 70.0 Å². The van der Waals surface area contributed by atoms with Gasteiger partial charge in [0.25, 0.3) is 0 Å². The van der Waals surface area contributed by atoms with Crippen molar-refractivity contribution in [2.45, 2.75) is 11.7 Å². The van der Waals surface area contributed by atoms with Gasteiger partial charge in [-0.05, 0) is 54.4 Å². The number of hydrogen-bond donors (Lipinski definition) is 1. The second-order valence-corrected chi connectivity index (χ2v) is 8.11. The molecule has 0 radical (unpaired) electrons. The van der Waals surface area contributed by atoms with Gasteiger partial charge in [0.15, 0.2) is 5.17 Å². The van der Waals surface area contributed by atoms with Crippen molar-refractivity contribution in [1.82, 2.24) is 4.90 Å². The van der Waals surface area contributed by atoms with Gasteiger partial charge in [0.2, 0.25) is 5.91 Å². The average molecular weight is 435 g/mol. The van der Waals surface area contributed by atoms with Gasteiger partial charge < -0.3 is 5.11 Å². The number of thioether (sulfide) groups is 1. The Labute approximate surface area is 176 Å². The first-order chi connectivity index (χ1) is 13.4. The number of aliphatic imine (C=N–C) groups is 1. The smallest absolute Gasteiger partial charge is 0.335 e. The fourth-order valence-electron chi connectivity index (χ4n) is 2.75. The summed E-state index contributed by atoms with van der Waals surface area (Å²) in [5.41, 5.74) is 1.62.